The summed E-state index contributed by atoms with van der Waals surface area (Å²) in [4.78, 5) is 23.5. The summed E-state index contributed by atoms with van der Waals surface area (Å²) in [6.45, 7) is 0.773. The van der Waals surface area contributed by atoms with Crippen molar-refractivity contribution >= 4 is 17.6 Å². The average molecular weight is 335 g/mol. The smallest absolute Gasteiger partial charge is 0.344 e. The quantitative estimate of drug-likeness (QED) is 0.825. The van der Waals surface area contributed by atoms with E-state index >= 15 is 0 Å². The lowest BCUT2D eigenvalue weighted by atomic mass is 10.3. The minimum atomic E-state index is -1.17. The Balaban J connectivity index is 1.84. The van der Waals surface area contributed by atoms with Crippen molar-refractivity contribution in [3.63, 3.8) is 0 Å². The number of hydrogen-bond donors (Lipinski definition) is 1. The number of rotatable bonds is 6. The Morgan fingerprint density at radius 1 is 1.04 bits per heavy atom. The van der Waals surface area contributed by atoms with Gasteiger partial charge in [0.1, 0.15) is 5.82 Å². The van der Waals surface area contributed by atoms with Crippen LogP contribution in [0.4, 0.5) is 14.5 Å². The standard InChI is InChI=1S/C17H15F2NO4/c1-11(17(22)20-14-8-4-2-6-12(14)18)24-16(21)10-23-15-9-5-3-7-13(15)19/h2-9,11H,10H2,1H3,(H,20,22)/t11-/m1/s1. The van der Waals surface area contributed by atoms with Crippen LogP contribution in [0.15, 0.2) is 48.5 Å². The van der Waals surface area contributed by atoms with Crippen molar-refractivity contribution in [2.45, 2.75) is 13.0 Å². The third kappa shape index (κ3) is 4.77. The van der Waals surface area contributed by atoms with Gasteiger partial charge in [-0.3, -0.25) is 4.79 Å². The molecular formula is C17H15F2NO4. The molecule has 126 valence electrons. The molecule has 0 unspecified atom stereocenters. The van der Waals surface area contributed by atoms with E-state index in [9.17, 15) is 18.4 Å². The van der Waals surface area contributed by atoms with Crippen molar-refractivity contribution in [1.82, 2.24) is 0 Å². The zero-order chi connectivity index (χ0) is 17.5. The van der Waals surface area contributed by atoms with Gasteiger partial charge in [0.25, 0.3) is 5.91 Å². The molecule has 0 fully saturated rings. The molecule has 7 heteroatoms. The van der Waals surface area contributed by atoms with Crippen molar-refractivity contribution in [1.29, 1.82) is 0 Å². The fourth-order valence-electron chi connectivity index (χ4n) is 1.78. The van der Waals surface area contributed by atoms with Crippen LogP contribution in [0.3, 0.4) is 0 Å². The predicted octanol–water partition coefficient (Wildman–Crippen LogP) is 2.91. The van der Waals surface area contributed by atoms with Gasteiger partial charge in [-0.1, -0.05) is 24.3 Å². The highest BCUT2D eigenvalue weighted by Crippen LogP contribution is 2.15. The van der Waals surface area contributed by atoms with Crippen LogP contribution in [0.25, 0.3) is 0 Å². The molecule has 0 bridgehead atoms. The molecule has 0 heterocycles. The molecule has 2 aromatic carbocycles. The third-order valence-corrected chi connectivity index (χ3v) is 2.99. The Labute approximate surface area is 137 Å². The van der Waals surface area contributed by atoms with Gasteiger partial charge < -0.3 is 14.8 Å². The number of halogens is 2. The number of nitrogens with one attached hydrogen (secondary N) is 1. The highest BCUT2D eigenvalue weighted by molar-refractivity contribution is 5.95. The Bertz CT molecular complexity index is 736. The van der Waals surface area contributed by atoms with Crippen molar-refractivity contribution in [3.8, 4) is 5.75 Å². The maximum atomic E-state index is 13.4. The lowest BCUT2D eigenvalue weighted by Crippen LogP contribution is -2.32. The number of benzene rings is 2. The molecule has 0 saturated carbocycles. The summed E-state index contributed by atoms with van der Waals surface area (Å²) in [5.41, 5.74) is -0.0204. The molecule has 1 N–H and O–H groups in total. The number of esters is 1. The number of anilines is 1. The normalized spacial score (nSPS) is 11.5. The van der Waals surface area contributed by atoms with Gasteiger partial charge in [-0.15, -0.1) is 0 Å². The number of ether oxygens (including phenoxy) is 2. The van der Waals surface area contributed by atoms with Crippen LogP contribution in [0.1, 0.15) is 6.92 Å². The monoisotopic (exact) mass is 335 g/mol. The van der Waals surface area contributed by atoms with E-state index in [1.165, 1.54) is 43.3 Å². The van der Waals surface area contributed by atoms with E-state index in [4.69, 9.17) is 9.47 Å². The van der Waals surface area contributed by atoms with E-state index < -0.39 is 36.2 Å². The van der Waals surface area contributed by atoms with Gasteiger partial charge >= 0.3 is 5.97 Å². The Kier molecular flexibility index (Phi) is 5.83. The summed E-state index contributed by atoms with van der Waals surface area (Å²) in [7, 11) is 0. The lowest BCUT2D eigenvalue weighted by Gasteiger charge is -2.14. The SMILES string of the molecule is C[C@@H](OC(=O)COc1ccccc1F)C(=O)Nc1ccccc1F. The Hall–Kier alpha value is -2.96. The van der Waals surface area contributed by atoms with Crippen LogP contribution in [0.5, 0.6) is 5.75 Å². The first-order valence-electron chi connectivity index (χ1n) is 7.09. The average Bonchev–Trinajstić information content (AvgIpc) is 2.56. The molecule has 2 rings (SSSR count). The second kappa shape index (κ2) is 8.05. The van der Waals surface area contributed by atoms with Gasteiger partial charge in [-0.2, -0.15) is 0 Å². The number of para-hydroxylation sites is 2. The molecule has 0 aliphatic heterocycles. The van der Waals surface area contributed by atoms with E-state index in [2.05, 4.69) is 5.32 Å². The number of hydrogen-bond acceptors (Lipinski definition) is 4. The number of amides is 1. The third-order valence-electron chi connectivity index (χ3n) is 2.99. The fourth-order valence-corrected chi connectivity index (χ4v) is 1.78. The summed E-state index contributed by atoms with van der Waals surface area (Å²) < 4.78 is 36.6. The van der Waals surface area contributed by atoms with Crippen LogP contribution in [0.2, 0.25) is 0 Å². The molecule has 0 saturated heterocycles. The zero-order valence-electron chi connectivity index (χ0n) is 12.8. The summed E-state index contributed by atoms with van der Waals surface area (Å²) >= 11 is 0. The maximum absolute atomic E-state index is 13.4. The molecule has 1 atom stereocenters. The number of carbonyl (C=O) groups excluding carboxylic acids is 2. The highest BCUT2D eigenvalue weighted by atomic mass is 19.1. The Morgan fingerprint density at radius 3 is 2.33 bits per heavy atom. The molecule has 0 aromatic heterocycles. The molecule has 24 heavy (non-hydrogen) atoms. The van der Waals surface area contributed by atoms with E-state index in [0.717, 1.165) is 0 Å². The van der Waals surface area contributed by atoms with Crippen LogP contribution >= 0.6 is 0 Å². The van der Waals surface area contributed by atoms with Gasteiger partial charge in [0.05, 0.1) is 5.69 Å². The first-order valence-corrected chi connectivity index (χ1v) is 7.09. The van der Waals surface area contributed by atoms with E-state index in [1.807, 2.05) is 0 Å². The minimum absolute atomic E-state index is 0.0204. The first kappa shape index (κ1) is 17.4. The summed E-state index contributed by atoms with van der Waals surface area (Å²) in [6, 6.07) is 11.2. The predicted molar refractivity (Wildman–Crippen MR) is 82.5 cm³/mol. The van der Waals surface area contributed by atoms with Crippen molar-refractivity contribution in [2.75, 3.05) is 11.9 Å². The molecule has 2 aromatic rings. The van der Waals surface area contributed by atoms with E-state index in [-0.39, 0.29) is 11.4 Å². The first-order chi connectivity index (χ1) is 11.5. The van der Waals surface area contributed by atoms with Crippen molar-refractivity contribution in [3.05, 3.63) is 60.2 Å². The fraction of sp³-hybridized carbons (Fsp3) is 0.176. The molecule has 0 aliphatic rings. The van der Waals surface area contributed by atoms with Crippen LogP contribution in [-0.4, -0.2) is 24.6 Å². The van der Waals surface area contributed by atoms with Gasteiger partial charge in [-0.05, 0) is 31.2 Å². The van der Waals surface area contributed by atoms with Crippen molar-refractivity contribution in [2.24, 2.45) is 0 Å². The van der Waals surface area contributed by atoms with Crippen LogP contribution in [-0.2, 0) is 14.3 Å². The van der Waals surface area contributed by atoms with Crippen LogP contribution in [0, 0.1) is 11.6 Å². The summed E-state index contributed by atoms with van der Waals surface area (Å²) in [5, 5.41) is 2.31. The van der Waals surface area contributed by atoms with Crippen molar-refractivity contribution < 1.29 is 27.8 Å². The molecule has 1 amide bonds. The molecular weight excluding hydrogens is 320 g/mol. The van der Waals surface area contributed by atoms with Gasteiger partial charge in [-0.25, -0.2) is 13.6 Å². The van der Waals surface area contributed by atoms with Gasteiger partial charge in [0.15, 0.2) is 24.3 Å². The molecule has 0 aliphatic carbocycles. The minimum Gasteiger partial charge on any atom is -0.479 e. The second-order valence-electron chi connectivity index (χ2n) is 4.82. The van der Waals surface area contributed by atoms with Crippen LogP contribution < -0.4 is 10.1 Å². The van der Waals surface area contributed by atoms with E-state index in [1.54, 1.807) is 12.1 Å². The lowest BCUT2D eigenvalue weighted by molar-refractivity contribution is -0.155. The molecule has 5 nitrogen and oxygen atoms in total. The topological polar surface area (TPSA) is 64.6 Å². The second-order valence-corrected chi connectivity index (χ2v) is 4.82. The van der Waals surface area contributed by atoms with Gasteiger partial charge in [0, 0.05) is 0 Å². The largest absolute Gasteiger partial charge is 0.479 e. The number of carbonyl (C=O) groups is 2. The molecule has 0 radical (unpaired) electrons. The summed E-state index contributed by atoms with van der Waals surface area (Å²) in [6.07, 6.45) is -1.17. The summed E-state index contributed by atoms with van der Waals surface area (Å²) in [5.74, 6) is -2.87. The zero-order valence-corrected chi connectivity index (χ0v) is 12.8. The maximum Gasteiger partial charge on any atom is 0.344 e. The van der Waals surface area contributed by atoms with Gasteiger partial charge in [0.2, 0.25) is 0 Å². The Morgan fingerprint density at radius 2 is 1.67 bits per heavy atom. The van der Waals surface area contributed by atoms with E-state index in [0.29, 0.717) is 0 Å². The highest BCUT2D eigenvalue weighted by Gasteiger charge is 2.19. The molecule has 0 spiro atoms.